The molecule has 0 saturated heterocycles. The molecule has 0 N–H and O–H groups in total. The molecule has 0 amide bonds. The van der Waals surface area contributed by atoms with E-state index < -0.39 is 0 Å². The summed E-state index contributed by atoms with van der Waals surface area (Å²) >= 11 is 0. The first-order valence-electron chi connectivity index (χ1n) is 14.4. The summed E-state index contributed by atoms with van der Waals surface area (Å²) in [6.45, 7) is 0. The summed E-state index contributed by atoms with van der Waals surface area (Å²) in [7, 11) is 0. The topological polar surface area (TPSA) is 38.9 Å². The monoisotopic (exact) mass is 550 g/mol. The van der Waals surface area contributed by atoms with E-state index >= 15 is 0 Å². The first-order valence-corrected chi connectivity index (χ1v) is 14.4. The van der Waals surface area contributed by atoms with Crippen LogP contribution in [0.3, 0.4) is 0 Å². The maximum atomic E-state index is 6.24. The molecule has 2 heterocycles. The molecule has 43 heavy (non-hydrogen) atoms. The Labute approximate surface area is 249 Å². The smallest absolute Gasteiger partial charge is 0.231 e. The van der Waals surface area contributed by atoms with E-state index in [4.69, 9.17) is 14.4 Å². The van der Waals surface area contributed by atoms with Crippen LogP contribution in [-0.2, 0) is 0 Å². The number of hydrogen-bond acceptors (Lipinski definition) is 3. The predicted octanol–water partition coefficient (Wildman–Crippen LogP) is 10.7. The normalized spacial score (nSPS) is 11.3. The Morgan fingerprint density at radius 3 is 1.56 bits per heavy atom. The summed E-state index contributed by atoms with van der Waals surface area (Å²) in [5.41, 5.74) is 11.3. The fourth-order valence-electron chi connectivity index (χ4n) is 5.76. The Bertz CT molecular complexity index is 2220. The molecule has 3 heteroatoms. The van der Waals surface area contributed by atoms with Gasteiger partial charge in [0, 0.05) is 16.5 Å². The standard InChI is InChI=1S/C40H26N2O/c1-3-11-27(12-4-1)28-21-23-29(24-22-28)31-15-9-16-32(25-31)33-17-10-18-34(26-33)39-41-38(30-13-5-2-6-14-30)37-35-19-7-8-20-36(35)43-40(37)42-39/h1-26H. The van der Waals surface area contributed by atoms with Gasteiger partial charge in [0.25, 0.3) is 0 Å². The van der Waals surface area contributed by atoms with Crippen molar-refractivity contribution < 1.29 is 4.42 Å². The number of nitrogens with zero attached hydrogens (tertiary/aromatic N) is 2. The van der Waals surface area contributed by atoms with Crippen molar-refractivity contribution in [3.8, 4) is 56.0 Å². The van der Waals surface area contributed by atoms with Crippen molar-refractivity contribution in [1.29, 1.82) is 0 Å². The highest BCUT2D eigenvalue weighted by atomic mass is 16.3. The maximum absolute atomic E-state index is 6.24. The minimum absolute atomic E-state index is 0.594. The molecule has 8 rings (SSSR count). The molecular formula is C40H26N2O. The summed E-state index contributed by atoms with van der Waals surface area (Å²) in [4.78, 5) is 10.0. The molecule has 0 atom stereocenters. The fourth-order valence-corrected chi connectivity index (χ4v) is 5.76. The van der Waals surface area contributed by atoms with Crippen molar-refractivity contribution in [2.75, 3.05) is 0 Å². The van der Waals surface area contributed by atoms with Crippen LogP contribution in [0, 0.1) is 0 Å². The van der Waals surface area contributed by atoms with Crippen LogP contribution in [0.25, 0.3) is 78.1 Å². The molecule has 0 unspecified atom stereocenters. The number of aromatic nitrogens is 2. The Morgan fingerprint density at radius 2 is 0.860 bits per heavy atom. The molecule has 8 aromatic rings. The summed E-state index contributed by atoms with van der Waals surface area (Å²) in [6, 6.07) is 54.7. The Hall–Kier alpha value is -5.80. The zero-order valence-electron chi connectivity index (χ0n) is 23.3. The summed E-state index contributed by atoms with van der Waals surface area (Å²) < 4.78 is 6.24. The molecule has 3 nitrogen and oxygen atoms in total. The lowest BCUT2D eigenvalue weighted by molar-refractivity contribution is 0.653. The molecule has 6 aromatic carbocycles. The van der Waals surface area contributed by atoms with Crippen molar-refractivity contribution in [2.45, 2.75) is 0 Å². The number of para-hydroxylation sites is 1. The first kappa shape index (κ1) is 25.0. The van der Waals surface area contributed by atoms with Crippen LogP contribution in [0.4, 0.5) is 0 Å². The van der Waals surface area contributed by atoms with Gasteiger partial charge in [0.15, 0.2) is 5.82 Å². The molecule has 0 fully saturated rings. The highest BCUT2D eigenvalue weighted by molar-refractivity contribution is 6.10. The SMILES string of the molecule is c1ccc(-c2ccc(-c3cccc(-c4cccc(-c5nc(-c6ccccc6)c6c(n5)oc5ccccc56)c4)c3)cc2)cc1. The molecule has 0 spiro atoms. The summed E-state index contributed by atoms with van der Waals surface area (Å²) in [6.07, 6.45) is 0. The van der Waals surface area contributed by atoms with Gasteiger partial charge in [-0.3, -0.25) is 0 Å². The molecule has 0 aliphatic heterocycles. The van der Waals surface area contributed by atoms with E-state index in [1.165, 1.54) is 22.3 Å². The van der Waals surface area contributed by atoms with Crippen LogP contribution in [0.5, 0.6) is 0 Å². The number of benzene rings is 6. The van der Waals surface area contributed by atoms with Gasteiger partial charge in [-0.05, 0) is 51.6 Å². The lowest BCUT2D eigenvalue weighted by atomic mass is 9.96. The van der Waals surface area contributed by atoms with Gasteiger partial charge in [0.05, 0.1) is 11.1 Å². The second-order valence-electron chi connectivity index (χ2n) is 10.6. The van der Waals surface area contributed by atoms with Crippen LogP contribution in [0.1, 0.15) is 0 Å². The van der Waals surface area contributed by atoms with Crippen molar-refractivity contribution in [3.63, 3.8) is 0 Å². The van der Waals surface area contributed by atoms with Crippen LogP contribution in [0.15, 0.2) is 162 Å². The highest BCUT2D eigenvalue weighted by Crippen LogP contribution is 2.37. The van der Waals surface area contributed by atoms with E-state index in [1.807, 2.05) is 42.5 Å². The van der Waals surface area contributed by atoms with Crippen molar-refractivity contribution in [2.24, 2.45) is 0 Å². The second kappa shape index (κ2) is 10.6. The third-order valence-corrected chi connectivity index (χ3v) is 7.93. The molecule has 0 aliphatic carbocycles. The average Bonchev–Trinajstić information content (AvgIpc) is 3.47. The first-order chi connectivity index (χ1) is 21.3. The lowest BCUT2D eigenvalue weighted by Gasteiger charge is -2.10. The quantitative estimate of drug-likeness (QED) is 0.214. The molecule has 2 aromatic heterocycles. The third-order valence-electron chi connectivity index (χ3n) is 7.93. The fraction of sp³-hybridized carbons (Fsp3) is 0. The number of furan rings is 1. The minimum Gasteiger partial charge on any atom is -0.438 e. The lowest BCUT2D eigenvalue weighted by Crippen LogP contribution is -1.94. The predicted molar refractivity (Wildman–Crippen MR) is 176 cm³/mol. The van der Waals surface area contributed by atoms with Crippen LogP contribution >= 0.6 is 0 Å². The number of fused-ring (bicyclic) bond motifs is 3. The molecule has 0 radical (unpaired) electrons. The van der Waals surface area contributed by atoms with E-state index in [9.17, 15) is 0 Å². The third kappa shape index (κ3) is 4.67. The van der Waals surface area contributed by atoms with Gasteiger partial charge in [0.1, 0.15) is 5.58 Å². The Kier molecular flexibility index (Phi) is 6.12. The molecular weight excluding hydrogens is 524 g/mol. The number of rotatable bonds is 5. The minimum atomic E-state index is 0.594. The molecule has 0 saturated carbocycles. The zero-order valence-corrected chi connectivity index (χ0v) is 23.3. The second-order valence-corrected chi connectivity index (χ2v) is 10.6. The van der Waals surface area contributed by atoms with Gasteiger partial charge in [-0.1, -0.05) is 140 Å². The van der Waals surface area contributed by atoms with Crippen molar-refractivity contribution >= 4 is 22.1 Å². The molecule has 202 valence electrons. The van der Waals surface area contributed by atoms with Crippen molar-refractivity contribution in [3.05, 3.63) is 158 Å². The molecule has 0 bridgehead atoms. The van der Waals surface area contributed by atoms with Crippen molar-refractivity contribution in [1.82, 2.24) is 9.97 Å². The van der Waals surface area contributed by atoms with Gasteiger partial charge in [-0.2, -0.15) is 4.98 Å². The van der Waals surface area contributed by atoms with Gasteiger partial charge < -0.3 is 4.42 Å². The van der Waals surface area contributed by atoms with Crippen LogP contribution < -0.4 is 0 Å². The van der Waals surface area contributed by atoms with E-state index in [0.717, 1.165) is 44.3 Å². The van der Waals surface area contributed by atoms with Crippen LogP contribution in [-0.4, -0.2) is 9.97 Å². The summed E-state index contributed by atoms with van der Waals surface area (Å²) in [5, 5.41) is 1.96. The van der Waals surface area contributed by atoms with Gasteiger partial charge in [-0.25, -0.2) is 4.98 Å². The van der Waals surface area contributed by atoms with E-state index in [0.29, 0.717) is 11.5 Å². The maximum Gasteiger partial charge on any atom is 0.231 e. The largest absolute Gasteiger partial charge is 0.438 e. The highest BCUT2D eigenvalue weighted by Gasteiger charge is 2.18. The van der Waals surface area contributed by atoms with Gasteiger partial charge in [-0.15, -0.1) is 0 Å². The number of hydrogen-bond donors (Lipinski definition) is 0. The average molecular weight is 551 g/mol. The Balaban J connectivity index is 1.19. The van der Waals surface area contributed by atoms with Crippen LogP contribution in [0.2, 0.25) is 0 Å². The van der Waals surface area contributed by atoms with E-state index in [-0.39, 0.29) is 0 Å². The zero-order chi connectivity index (χ0) is 28.6. The van der Waals surface area contributed by atoms with Gasteiger partial charge in [0.2, 0.25) is 5.71 Å². The molecule has 0 aliphatic rings. The van der Waals surface area contributed by atoms with Gasteiger partial charge >= 0.3 is 0 Å². The Morgan fingerprint density at radius 1 is 0.372 bits per heavy atom. The van der Waals surface area contributed by atoms with E-state index in [1.54, 1.807) is 0 Å². The summed E-state index contributed by atoms with van der Waals surface area (Å²) in [5.74, 6) is 0.639. The van der Waals surface area contributed by atoms with E-state index in [2.05, 4.69) is 115 Å².